The molecule has 0 saturated carbocycles. The standard InChI is InChI=1S/C23H27N3O2/c1-2-18-8-10-21(11-9-18)26-17-19(16-22(26)27)23(28)25-14-12-24(13-15-25)20-6-4-3-5-7-20/h3-11,19H,2,12-17H2,1H3. The quantitative estimate of drug-likeness (QED) is 0.823. The van der Waals surface area contributed by atoms with Gasteiger partial charge in [0.1, 0.15) is 0 Å². The molecule has 146 valence electrons. The van der Waals surface area contributed by atoms with Crippen molar-refractivity contribution >= 4 is 23.2 Å². The molecule has 0 aromatic heterocycles. The SMILES string of the molecule is CCc1ccc(N2CC(C(=O)N3CCN(c4ccccc4)CC3)CC2=O)cc1. The summed E-state index contributed by atoms with van der Waals surface area (Å²) in [7, 11) is 0. The highest BCUT2D eigenvalue weighted by molar-refractivity contribution is 6.00. The van der Waals surface area contributed by atoms with Crippen LogP contribution in [0.2, 0.25) is 0 Å². The van der Waals surface area contributed by atoms with Gasteiger partial charge >= 0.3 is 0 Å². The van der Waals surface area contributed by atoms with Crippen LogP contribution in [0.15, 0.2) is 54.6 Å². The summed E-state index contributed by atoms with van der Waals surface area (Å²) in [5, 5.41) is 0. The normalized spacial score (nSPS) is 20.0. The summed E-state index contributed by atoms with van der Waals surface area (Å²) in [5.74, 6) is -0.0686. The summed E-state index contributed by atoms with van der Waals surface area (Å²) in [4.78, 5) is 31.5. The number of carbonyl (C=O) groups excluding carboxylic acids is 2. The molecule has 2 aliphatic rings. The van der Waals surface area contributed by atoms with Gasteiger partial charge in [-0.1, -0.05) is 37.3 Å². The van der Waals surface area contributed by atoms with Gasteiger partial charge in [-0.2, -0.15) is 0 Å². The zero-order valence-corrected chi connectivity index (χ0v) is 16.4. The fraction of sp³-hybridized carbons (Fsp3) is 0.391. The fourth-order valence-corrected chi connectivity index (χ4v) is 4.12. The Morgan fingerprint density at radius 2 is 1.61 bits per heavy atom. The predicted molar refractivity (Wildman–Crippen MR) is 112 cm³/mol. The number of hydrogen-bond acceptors (Lipinski definition) is 3. The van der Waals surface area contributed by atoms with E-state index in [1.54, 1.807) is 4.90 Å². The zero-order chi connectivity index (χ0) is 19.5. The van der Waals surface area contributed by atoms with Crippen LogP contribution >= 0.6 is 0 Å². The molecular formula is C23H27N3O2. The highest BCUT2D eigenvalue weighted by Crippen LogP contribution is 2.27. The molecule has 2 heterocycles. The molecular weight excluding hydrogens is 350 g/mol. The minimum absolute atomic E-state index is 0.0468. The Bertz CT molecular complexity index is 827. The number of carbonyl (C=O) groups is 2. The number of rotatable bonds is 4. The molecule has 0 aliphatic carbocycles. The number of hydrogen-bond donors (Lipinski definition) is 0. The second-order valence-electron chi connectivity index (χ2n) is 7.57. The summed E-state index contributed by atoms with van der Waals surface area (Å²) in [6.45, 7) is 5.69. The van der Waals surface area contributed by atoms with E-state index in [0.717, 1.165) is 25.2 Å². The van der Waals surface area contributed by atoms with Crippen LogP contribution in [0.25, 0.3) is 0 Å². The molecule has 4 rings (SSSR count). The van der Waals surface area contributed by atoms with Gasteiger partial charge in [0, 0.05) is 50.5 Å². The van der Waals surface area contributed by atoms with Crippen LogP contribution in [-0.2, 0) is 16.0 Å². The molecule has 2 aromatic rings. The molecule has 0 N–H and O–H groups in total. The van der Waals surface area contributed by atoms with E-state index >= 15 is 0 Å². The number of anilines is 2. The van der Waals surface area contributed by atoms with Crippen molar-refractivity contribution in [3.8, 4) is 0 Å². The van der Waals surface area contributed by atoms with Crippen molar-refractivity contribution in [1.29, 1.82) is 0 Å². The van der Waals surface area contributed by atoms with Crippen LogP contribution in [0.1, 0.15) is 18.9 Å². The molecule has 2 saturated heterocycles. The number of piperazine rings is 1. The maximum Gasteiger partial charge on any atom is 0.228 e. The Morgan fingerprint density at radius 3 is 2.25 bits per heavy atom. The smallest absolute Gasteiger partial charge is 0.228 e. The van der Waals surface area contributed by atoms with Crippen LogP contribution in [0, 0.1) is 5.92 Å². The third kappa shape index (κ3) is 3.75. The van der Waals surface area contributed by atoms with E-state index in [2.05, 4.69) is 36.1 Å². The van der Waals surface area contributed by atoms with Gasteiger partial charge in [0.2, 0.25) is 11.8 Å². The molecule has 28 heavy (non-hydrogen) atoms. The minimum Gasteiger partial charge on any atom is -0.368 e. The Balaban J connectivity index is 1.36. The average molecular weight is 377 g/mol. The summed E-state index contributed by atoms with van der Waals surface area (Å²) >= 11 is 0. The molecule has 2 amide bonds. The Hall–Kier alpha value is -2.82. The van der Waals surface area contributed by atoms with Gasteiger partial charge in [0.25, 0.3) is 0 Å². The predicted octanol–water partition coefficient (Wildman–Crippen LogP) is 2.95. The van der Waals surface area contributed by atoms with Gasteiger partial charge in [-0.3, -0.25) is 9.59 Å². The molecule has 0 radical (unpaired) electrons. The van der Waals surface area contributed by atoms with Crippen molar-refractivity contribution in [1.82, 2.24) is 4.90 Å². The Labute approximate surface area is 166 Å². The number of amides is 2. The second-order valence-corrected chi connectivity index (χ2v) is 7.57. The van der Waals surface area contributed by atoms with Gasteiger partial charge < -0.3 is 14.7 Å². The van der Waals surface area contributed by atoms with Crippen molar-refractivity contribution in [3.63, 3.8) is 0 Å². The highest BCUT2D eigenvalue weighted by atomic mass is 16.2. The van der Waals surface area contributed by atoms with Crippen molar-refractivity contribution < 1.29 is 9.59 Å². The van der Waals surface area contributed by atoms with Crippen molar-refractivity contribution in [2.45, 2.75) is 19.8 Å². The molecule has 2 aromatic carbocycles. The molecule has 2 fully saturated rings. The summed E-state index contributed by atoms with van der Waals surface area (Å²) < 4.78 is 0. The first-order valence-corrected chi connectivity index (χ1v) is 10.1. The lowest BCUT2D eigenvalue weighted by molar-refractivity contribution is -0.136. The number of aryl methyl sites for hydroxylation is 1. The number of para-hydroxylation sites is 1. The van der Waals surface area contributed by atoms with Crippen molar-refractivity contribution in [2.75, 3.05) is 42.5 Å². The summed E-state index contributed by atoms with van der Waals surface area (Å²) in [6.07, 6.45) is 1.29. The first-order chi connectivity index (χ1) is 13.7. The third-order valence-corrected chi connectivity index (χ3v) is 5.84. The van der Waals surface area contributed by atoms with E-state index in [1.165, 1.54) is 11.3 Å². The maximum absolute atomic E-state index is 13.0. The highest BCUT2D eigenvalue weighted by Gasteiger charge is 2.37. The van der Waals surface area contributed by atoms with Crippen LogP contribution in [0.3, 0.4) is 0 Å². The van der Waals surface area contributed by atoms with Crippen LogP contribution in [0.5, 0.6) is 0 Å². The zero-order valence-electron chi connectivity index (χ0n) is 16.4. The van der Waals surface area contributed by atoms with Crippen LogP contribution in [-0.4, -0.2) is 49.4 Å². The van der Waals surface area contributed by atoms with Gasteiger partial charge in [0.05, 0.1) is 5.92 Å². The lowest BCUT2D eigenvalue weighted by atomic mass is 10.1. The van der Waals surface area contributed by atoms with E-state index < -0.39 is 0 Å². The Morgan fingerprint density at radius 1 is 0.929 bits per heavy atom. The monoisotopic (exact) mass is 377 g/mol. The van der Waals surface area contributed by atoms with E-state index in [0.29, 0.717) is 26.1 Å². The first kappa shape index (κ1) is 18.5. The van der Waals surface area contributed by atoms with E-state index in [4.69, 9.17) is 0 Å². The van der Waals surface area contributed by atoms with Crippen LogP contribution < -0.4 is 9.80 Å². The summed E-state index contributed by atoms with van der Waals surface area (Å²) in [5.41, 5.74) is 3.35. The topological polar surface area (TPSA) is 43.9 Å². The maximum atomic E-state index is 13.0. The average Bonchev–Trinajstić information content (AvgIpc) is 3.15. The Kier molecular flexibility index (Phi) is 5.33. The van der Waals surface area contributed by atoms with Gasteiger partial charge in [-0.25, -0.2) is 0 Å². The largest absolute Gasteiger partial charge is 0.368 e. The van der Waals surface area contributed by atoms with E-state index in [9.17, 15) is 9.59 Å². The molecule has 0 bridgehead atoms. The fourth-order valence-electron chi connectivity index (χ4n) is 4.12. The first-order valence-electron chi connectivity index (χ1n) is 10.1. The molecule has 5 nitrogen and oxygen atoms in total. The van der Waals surface area contributed by atoms with Crippen LogP contribution in [0.4, 0.5) is 11.4 Å². The molecule has 5 heteroatoms. The number of benzene rings is 2. The molecule has 1 atom stereocenters. The van der Waals surface area contributed by atoms with Gasteiger partial charge in [-0.05, 0) is 36.2 Å². The lowest BCUT2D eigenvalue weighted by Gasteiger charge is -2.37. The molecule has 0 spiro atoms. The number of nitrogens with zero attached hydrogens (tertiary/aromatic N) is 3. The third-order valence-electron chi connectivity index (χ3n) is 5.84. The van der Waals surface area contributed by atoms with Gasteiger partial charge in [-0.15, -0.1) is 0 Å². The van der Waals surface area contributed by atoms with E-state index in [1.807, 2.05) is 35.2 Å². The second kappa shape index (κ2) is 8.05. The lowest BCUT2D eigenvalue weighted by Crippen LogP contribution is -2.50. The molecule has 1 unspecified atom stereocenters. The van der Waals surface area contributed by atoms with Gasteiger partial charge in [0.15, 0.2) is 0 Å². The summed E-state index contributed by atoms with van der Waals surface area (Å²) in [6, 6.07) is 18.4. The van der Waals surface area contributed by atoms with Crippen molar-refractivity contribution in [3.05, 3.63) is 60.2 Å². The minimum atomic E-state index is -0.235. The van der Waals surface area contributed by atoms with Crippen molar-refractivity contribution in [2.24, 2.45) is 5.92 Å². The molecule has 2 aliphatic heterocycles. The van der Waals surface area contributed by atoms with E-state index in [-0.39, 0.29) is 17.7 Å².